The van der Waals surface area contributed by atoms with Gasteiger partial charge in [0, 0.05) is 25.3 Å². The molecule has 116 valence electrons. The Balaban J connectivity index is 1.70. The van der Waals surface area contributed by atoms with Gasteiger partial charge in [-0.3, -0.25) is 9.36 Å². The fraction of sp³-hybridized carbons (Fsp3) is 0.125. The second kappa shape index (κ2) is 6.27. The topological polar surface area (TPSA) is 75.9 Å². The zero-order valence-electron chi connectivity index (χ0n) is 12.8. The monoisotopic (exact) mass is 308 g/mol. The molecule has 23 heavy (non-hydrogen) atoms. The maximum Gasteiger partial charge on any atom is 0.255 e. The lowest BCUT2D eigenvalue weighted by molar-refractivity contribution is 0.102. The van der Waals surface area contributed by atoms with Gasteiger partial charge in [-0.05, 0) is 36.4 Å². The van der Waals surface area contributed by atoms with Crippen LogP contribution in [-0.2, 0) is 0 Å². The maximum atomic E-state index is 12.2. The Morgan fingerprint density at radius 3 is 2.30 bits per heavy atom. The Morgan fingerprint density at radius 1 is 1.04 bits per heavy atom. The smallest absolute Gasteiger partial charge is 0.255 e. The van der Waals surface area contributed by atoms with E-state index in [0.29, 0.717) is 17.1 Å². The minimum Gasteiger partial charge on any atom is -0.378 e. The fourth-order valence-corrected chi connectivity index (χ4v) is 2.05. The summed E-state index contributed by atoms with van der Waals surface area (Å²) in [4.78, 5) is 18.5. The second-order valence-corrected chi connectivity index (χ2v) is 5.17. The van der Waals surface area contributed by atoms with E-state index in [-0.39, 0.29) is 5.91 Å². The number of amides is 1. The van der Waals surface area contributed by atoms with E-state index < -0.39 is 0 Å². The predicted octanol–water partition coefficient (Wildman–Crippen LogP) is 1.98. The molecule has 2 heterocycles. The average Bonchev–Trinajstić information content (AvgIpc) is 3.10. The Morgan fingerprint density at radius 2 is 1.74 bits per heavy atom. The number of anilines is 2. The third-order valence-electron chi connectivity index (χ3n) is 3.33. The van der Waals surface area contributed by atoms with Crippen molar-refractivity contribution in [3.8, 4) is 5.82 Å². The summed E-state index contributed by atoms with van der Waals surface area (Å²) in [6.45, 7) is 0. The second-order valence-electron chi connectivity index (χ2n) is 5.17. The number of benzene rings is 1. The van der Waals surface area contributed by atoms with Gasteiger partial charge in [0.25, 0.3) is 5.91 Å². The molecule has 2 aromatic heterocycles. The third-order valence-corrected chi connectivity index (χ3v) is 3.33. The molecule has 0 saturated carbocycles. The summed E-state index contributed by atoms with van der Waals surface area (Å²) in [5, 5.41) is 10.3. The van der Waals surface area contributed by atoms with Gasteiger partial charge >= 0.3 is 0 Å². The van der Waals surface area contributed by atoms with Gasteiger partial charge < -0.3 is 10.2 Å². The van der Waals surface area contributed by atoms with Gasteiger partial charge in [0.2, 0.25) is 0 Å². The molecule has 0 bridgehead atoms. The van der Waals surface area contributed by atoms with E-state index >= 15 is 0 Å². The molecule has 3 aromatic rings. The third kappa shape index (κ3) is 3.34. The highest BCUT2D eigenvalue weighted by Gasteiger charge is 2.07. The van der Waals surface area contributed by atoms with Gasteiger partial charge in [-0.25, -0.2) is 4.98 Å². The van der Waals surface area contributed by atoms with E-state index in [1.54, 1.807) is 47.7 Å². The Bertz CT molecular complexity index is 778. The maximum absolute atomic E-state index is 12.2. The fourth-order valence-electron chi connectivity index (χ4n) is 2.05. The molecule has 0 atom stereocenters. The molecule has 1 aromatic carbocycles. The van der Waals surface area contributed by atoms with E-state index in [1.165, 1.54) is 0 Å². The van der Waals surface area contributed by atoms with Crippen LogP contribution in [0.1, 0.15) is 10.4 Å². The van der Waals surface area contributed by atoms with Crippen LogP contribution >= 0.6 is 0 Å². The molecule has 0 unspecified atom stereocenters. The average molecular weight is 308 g/mol. The molecule has 1 N–H and O–H groups in total. The van der Waals surface area contributed by atoms with Gasteiger partial charge in [0.15, 0.2) is 0 Å². The largest absolute Gasteiger partial charge is 0.378 e. The van der Waals surface area contributed by atoms with Gasteiger partial charge in [-0.2, -0.15) is 0 Å². The Hall–Kier alpha value is -3.22. The molecular weight excluding hydrogens is 292 g/mol. The molecule has 3 rings (SSSR count). The zero-order chi connectivity index (χ0) is 16.2. The van der Waals surface area contributed by atoms with E-state index in [2.05, 4.69) is 20.5 Å². The lowest BCUT2D eigenvalue weighted by Crippen LogP contribution is -2.13. The summed E-state index contributed by atoms with van der Waals surface area (Å²) >= 11 is 0. The van der Waals surface area contributed by atoms with Crippen molar-refractivity contribution in [2.24, 2.45) is 0 Å². The summed E-state index contributed by atoms with van der Waals surface area (Å²) < 4.78 is 1.69. The van der Waals surface area contributed by atoms with Crippen LogP contribution in [0.4, 0.5) is 11.4 Å². The quantitative estimate of drug-likeness (QED) is 0.797. The number of hydrogen-bond donors (Lipinski definition) is 1. The van der Waals surface area contributed by atoms with Crippen LogP contribution in [0.15, 0.2) is 55.2 Å². The highest BCUT2D eigenvalue weighted by Crippen LogP contribution is 2.14. The molecule has 7 nitrogen and oxygen atoms in total. The van der Waals surface area contributed by atoms with Crippen molar-refractivity contribution in [2.75, 3.05) is 24.3 Å². The van der Waals surface area contributed by atoms with Crippen LogP contribution in [0, 0.1) is 0 Å². The summed E-state index contributed by atoms with van der Waals surface area (Å²) in [5.41, 5.74) is 2.27. The number of pyridine rings is 1. The lowest BCUT2D eigenvalue weighted by Gasteiger charge is -2.12. The number of carbonyl (C=O) groups is 1. The van der Waals surface area contributed by atoms with Crippen LogP contribution < -0.4 is 10.2 Å². The van der Waals surface area contributed by atoms with Crippen molar-refractivity contribution in [3.63, 3.8) is 0 Å². The first-order valence-corrected chi connectivity index (χ1v) is 7.03. The molecule has 0 aliphatic carbocycles. The summed E-state index contributed by atoms with van der Waals surface area (Å²) in [7, 11) is 3.91. The molecule has 0 aliphatic rings. The number of rotatable bonds is 4. The summed E-state index contributed by atoms with van der Waals surface area (Å²) in [5.74, 6) is 0.512. The van der Waals surface area contributed by atoms with Crippen molar-refractivity contribution in [1.82, 2.24) is 19.7 Å². The van der Waals surface area contributed by atoms with Crippen LogP contribution in [0.25, 0.3) is 5.82 Å². The number of carbonyl (C=O) groups excluding carboxylic acids is 1. The van der Waals surface area contributed by atoms with Crippen LogP contribution in [0.2, 0.25) is 0 Å². The molecule has 1 amide bonds. The lowest BCUT2D eigenvalue weighted by atomic mass is 10.2. The van der Waals surface area contributed by atoms with Crippen LogP contribution in [0.3, 0.4) is 0 Å². The highest BCUT2D eigenvalue weighted by atomic mass is 16.1. The van der Waals surface area contributed by atoms with E-state index in [9.17, 15) is 4.79 Å². The number of hydrogen-bond acceptors (Lipinski definition) is 5. The van der Waals surface area contributed by atoms with Crippen molar-refractivity contribution < 1.29 is 4.79 Å². The normalized spacial score (nSPS) is 10.3. The number of aromatic nitrogens is 4. The zero-order valence-corrected chi connectivity index (χ0v) is 12.8. The van der Waals surface area contributed by atoms with Gasteiger partial charge in [-0.1, -0.05) is 0 Å². The molecule has 0 fully saturated rings. The van der Waals surface area contributed by atoms with Gasteiger partial charge in [0.1, 0.15) is 18.5 Å². The van der Waals surface area contributed by atoms with Crippen molar-refractivity contribution in [2.45, 2.75) is 0 Å². The van der Waals surface area contributed by atoms with Gasteiger partial charge in [-0.15, -0.1) is 10.2 Å². The first-order chi connectivity index (χ1) is 11.1. The highest BCUT2D eigenvalue weighted by molar-refractivity contribution is 6.04. The van der Waals surface area contributed by atoms with Crippen LogP contribution in [-0.4, -0.2) is 39.8 Å². The first kappa shape index (κ1) is 14.7. The van der Waals surface area contributed by atoms with Crippen molar-refractivity contribution >= 4 is 17.3 Å². The van der Waals surface area contributed by atoms with Crippen molar-refractivity contribution in [3.05, 3.63) is 60.8 Å². The molecule has 0 saturated heterocycles. The SMILES string of the molecule is CN(C)c1ccc(C(=O)Nc2ccc(-n3cnnc3)nc2)cc1. The van der Waals surface area contributed by atoms with E-state index in [0.717, 1.165) is 5.69 Å². The summed E-state index contributed by atoms with van der Waals surface area (Å²) in [6, 6.07) is 11.0. The van der Waals surface area contributed by atoms with E-state index in [4.69, 9.17) is 0 Å². The molecule has 0 radical (unpaired) electrons. The minimum atomic E-state index is -0.172. The number of nitrogens with one attached hydrogen (secondary N) is 1. The number of nitrogens with zero attached hydrogens (tertiary/aromatic N) is 5. The van der Waals surface area contributed by atoms with Crippen LogP contribution in [0.5, 0.6) is 0 Å². The first-order valence-electron chi connectivity index (χ1n) is 7.03. The molecule has 7 heteroatoms. The Labute approximate surface area is 133 Å². The molecular formula is C16H16N6O. The predicted molar refractivity (Wildman–Crippen MR) is 87.9 cm³/mol. The minimum absolute atomic E-state index is 0.172. The summed E-state index contributed by atoms with van der Waals surface area (Å²) in [6.07, 6.45) is 4.72. The van der Waals surface area contributed by atoms with Crippen molar-refractivity contribution in [1.29, 1.82) is 0 Å². The standard InChI is InChI=1S/C16H16N6O/c1-21(2)14-6-3-12(4-7-14)16(23)20-13-5-8-15(17-9-13)22-10-18-19-11-22/h3-11H,1-2H3,(H,20,23). The molecule has 0 aliphatic heterocycles. The van der Waals surface area contributed by atoms with E-state index in [1.807, 2.05) is 31.1 Å². The van der Waals surface area contributed by atoms with Gasteiger partial charge in [0.05, 0.1) is 11.9 Å². The Kier molecular flexibility index (Phi) is 4.01. The molecule has 0 spiro atoms.